The van der Waals surface area contributed by atoms with Gasteiger partial charge in [-0.1, -0.05) is 41.6 Å². The summed E-state index contributed by atoms with van der Waals surface area (Å²) in [5, 5.41) is 8.40. The molecule has 1 rings (SSSR count). The highest BCUT2D eigenvalue weighted by Gasteiger charge is 2.14. The zero-order valence-corrected chi connectivity index (χ0v) is 10.4. The summed E-state index contributed by atoms with van der Waals surface area (Å²) in [5.41, 5.74) is 6.93. The fourth-order valence-electron chi connectivity index (χ4n) is 1.01. The van der Waals surface area contributed by atoms with Crippen molar-refractivity contribution in [2.24, 2.45) is 5.73 Å². The van der Waals surface area contributed by atoms with Crippen molar-refractivity contribution >= 4 is 22.8 Å². The number of rotatable bonds is 4. The van der Waals surface area contributed by atoms with Crippen LogP contribution < -0.4 is 11.9 Å². The summed E-state index contributed by atoms with van der Waals surface area (Å²) < 4.78 is 0. The second-order valence-electron chi connectivity index (χ2n) is 3.41. The summed E-state index contributed by atoms with van der Waals surface area (Å²) in [6.45, 7) is 1.93. The van der Waals surface area contributed by atoms with E-state index in [1.165, 1.54) is 0 Å². The number of carbonyl (C=O) groups excluding carboxylic acids is 1. The van der Waals surface area contributed by atoms with Gasteiger partial charge in [-0.05, 0) is 6.92 Å². The molecule has 0 saturated carbocycles. The highest BCUT2D eigenvalue weighted by molar-refractivity contribution is 8.14. The molecule has 0 spiro atoms. The van der Waals surface area contributed by atoms with E-state index in [1.807, 2.05) is 19.1 Å². The molecule has 1 aromatic carbocycles. The van der Waals surface area contributed by atoms with Crippen LogP contribution in [0.2, 0.25) is 0 Å². The number of nitrogens with two attached hydrogens (primary N) is 1. The van der Waals surface area contributed by atoms with Crippen LogP contribution in [0.25, 0.3) is 0 Å². The lowest BCUT2D eigenvalue weighted by atomic mass is 10.2. The zero-order chi connectivity index (χ0) is 12.1. The van der Waals surface area contributed by atoms with E-state index < -0.39 is 12.0 Å². The van der Waals surface area contributed by atoms with Crippen molar-refractivity contribution in [1.29, 1.82) is 0 Å². The van der Waals surface area contributed by atoms with Gasteiger partial charge in [0.05, 0.1) is 0 Å². The van der Waals surface area contributed by atoms with Crippen molar-refractivity contribution in [3.63, 3.8) is 0 Å². The number of carbonyl (C=O) groups is 2. The lowest BCUT2D eigenvalue weighted by Crippen LogP contribution is -2.32. The lowest BCUT2D eigenvalue weighted by molar-refractivity contribution is -0.137. The van der Waals surface area contributed by atoms with E-state index in [0.717, 1.165) is 17.3 Å². The number of carboxylic acids is 1. The van der Waals surface area contributed by atoms with Gasteiger partial charge in [-0.15, -0.1) is 0 Å². The third kappa shape index (κ3) is 4.99. The van der Waals surface area contributed by atoms with Gasteiger partial charge in [0.25, 0.3) is 0 Å². The first kappa shape index (κ1) is 15.6. The van der Waals surface area contributed by atoms with E-state index in [-0.39, 0.29) is 17.0 Å². The third-order valence-corrected chi connectivity index (χ3v) is 3.02. The van der Waals surface area contributed by atoms with Gasteiger partial charge in [0.2, 0.25) is 5.12 Å². The molecule has 0 amide bonds. The van der Waals surface area contributed by atoms with Gasteiger partial charge in [0.1, 0.15) is 6.04 Å². The van der Waals surface area contributed by atoms with Gasteiger partial charge in [-0.2, -0.15) is 0 Å². The molecule has 5 nitrogen and oxygen atoms in total. The van der Waals surface area contributed by atoms with E-state index in [1.54, 1.807) is 12.1 Å². The Hall–Kier alpha value is -1.37. The Morgan fingerprint density at radius 3 is 2.35 bits per heavy atom. The lowest BCUT2D eigenvalue weighted by Gasteiger charge is -2.05. The van der Waals surface area contributed by atoms with Gasteiger partial charge in [-0.25, -0.2) is 0 Å². The van der Waals surface area contributed by atoms with Crippen molar-refractivity contribution in [2.75, 3.05) is 5.75 Å². The highest BCUT2D eigenvalue weighted by atomic mass is 32.2. The fraction of sp³-hybridized carbons (Fsp3) is 0.273. The standard InChI is InChI=1S/C11H13NO3S.H3N/c1-7-2-4-8(5-3-7)11(15)16-6-9(12)10(13)14;/h2-5,9H,6,12H2,1H3,(H,13,14);1H3/t9-;/m0./s1. The number of carboxylic acid groups (broad SMARTS) is 1. The number of thioether (sulfide) groups is 1. The molecule has 0 saturated heterocycles. The van der Waals surface area contributed by atoms with Crippen molar-refractivity contribution in [3.8, 4) is 0 Å². The van der Waals surface area contributed by atoms with Gasteiger partial charge in [0, 0.05) is 11.3 Å². The molecule has 0 heterocycles. The van der Waals surface area contributed by atoms with E-state index in [9.17, 15) is 9.59 Å². The molecule has 94 valence electrons. The predicted molar refractivity (Wildman–Crippen MR) is 68.6 cm³/mol. The van der Waals surface area contributed by atoms with Crippen LogP contribution in [0.4, 0.5) is 0 Å². The number of hydrogen-bond donors (Lipinski definition) is 3. The van der Waals surface area contributed by atoms with Gasteiger partial charge < -0.3 is 17.0 Å². The molecule has 1 aromatic rings. The summed E-state index contributed by atoms with van der Waals surface area (Å²) in [6, 6.07) is 6.11. The maximum atomic E-state index is 11.6. The quantitative estimate of drug-likeness (QED) is 0.750. The molecule has 17 heavy (non-hydrogen) atoms. The van der Waals surface area contributed by atoms with E-state index >= 15 is 0 Å². The molecular weight excluding hydrogens is 240 g/mol. The normalized spacial score (nSPS) is 11.4. The number of benzene rings is 1. The Morgan fingerprint density at radius 1 is 1.35 bits per heavy atom. The minimum atomic E-state index is -1.09. The molecule has 6 N–H and O–H groups in total. The number of hydrogen-bond acceptors (Lipinski definition) is 5. The predicted octanol–water partition coefficient (Wildman–Crippen LogP) is 1.44. The van der Waals surface area contributed by atoms with Crippen LogP contribution in [-0.4, -0.2) is 28.0 Å². The van der Waals surface area contributed by atoms with Crippen molar-refractivity contribution in [2.45, 2.75) is 13.0 Å². The van der Waals surface area contributed by atoms with E-state index in [4.69, 9.17) is 10.8 Å². The number of aryl methyl sites for hydroxylation is 1. The largest absolute Gasteiger partial charge is 0.480 e. The highest BCUT2D eigenvalue weighted by Crippen LogP contribution is 2.13. The van der Waals surface area contributed by atoms with Crippen LogP contribution in [0.15, 0.2) is 24.3 Å². The first-order valence-electron chi connectivity index (χ1n) is 4.73. The monoisotopic (exact) mass is 256 g/mol. The molecule has 1 atom stereocenters. The average Bonchev–Trinajstić information content (AvgIpc) is 2.26. The van der Waals surface area contributed by atoms with E-state index in [0.29, 0.717) is 5.56 Å². The summed E-state index contributed by atoms with van der Waals surface area (Å²) in [7, 11) is 0. The zero-order valence-electron chi connectivity index (χ0n) is 9.55. The first-order valence-corrected chi connectivity index (χ1v) is 5.71. The van der Waals surface area contributed by atoms with Gasteiger partial charge >= 0.3 is 5.97 Å². The topological polar surface area (TPSA) is 115 Å². The Morgan fingerprint density at radius 2 is 1.88 bits per heavy atom. The molecule has 0 aliphatic heterocycles. The van der Waals surface area contributed by atoms with Crippen LogP contribution in [0.1, 0.15) is 15.9 Å². The summed E-state index contributed by atoms with van der Waals surface area (Å²) in [4.78, 5) is 22.0. The maximum absolute atomic E-state index is 11.6. The van der Waals surface area contributed by atoms with Gasteiger partial charge in [-0.3, -0.25) is 9.59 Å². The fourth-order valence-corrected chi connectivity index (χ4v) is 1.79. The maximum Gasteiger partial charge on any atom is 0.321 e. The second kappa shape index (κ2) is 7.05. The molecule has 0 radical (unpaired) electrons. The van der Waals surface area contributed by atoms with Crippen LogP contribution >= 0.6 is 11.8 Å². The van der Waals surface area contributed by atoms with E-state index in [2.05, 4.69) is 0 Å². The molecule has 0 aliphatic rings. The average molecular weight is 256 g/mol. The summed E-state index contributed by atoms with van der Waals surface area (Å²) >= 11 is 0.927. The Labute approximate surface area is 104 Å². The molecule has 0 aliphatic carbocycles. The summed E-state index contributed by atoms with van der Waals surface area (Å²) in [5.74, 6) is -1.01. The molecule has 0 fully saturated rings. The first-order chi connectivity index (χ1) is 7.50. The number of aliphatic carboxylic acids is 1. The van der Waals surface area contributed by atoms with Crippen LogP contribution in [0.3, 0.4) is 0 Å². The Bertz CT molecular complexity index is 392. The Balaban J connectivity index is 0.00000256. The second-order valence-corrected chi connectivity index (χ2v) is 4.40. The molecule has 0 aromatic heterocycles. The molecule has 0 bridgehead atoms. The SMILES string of the molecule is Cc1ccc(C(=O)SC[C@H](N)C(=O)O)cc1.N. The van der Waals surface area contributed by atoms with Crippen LogP contribution in [0, 0.1) is 6.92 Å². The minimum absolute atomic E-state index is 0. The summed E-state index contributed by atoms with van der Waals surface area (Å²) in [6.07, 6.45) is 0. The van der Waals surface area contributed by atoms with Gasteiger partial charge in [0.15, 0.2) is 0 Å². The van der Waals surface area contributed by atoms with Crippen molar-refractivity contribution in [1.82, 2.24) is 6.15 Å². The van der Waals surface area contributed by atoms with Crippen molar-refractivity contribution in [3.05, 3.63) is 35.4 Å². The van der Waals surface area contributed by atoms with Crippen LogP contribution in [-0.2, 0) is 4.79 Å². The molecule has 6 heteroatoms. The smallest absolute Gasteiger partial charge is 0.321 e. The van der Waals surface area contributed by atoms with Crippen molar-refractivity contribution < 1.29 is 14.7 Å². The molecule has 0 unspecified atom stereocenters. The molecular formula is C11H16N2O3S. The minimum Gasteiger partial charge on any atom is -0.480 e. The Kier molecular flexibility index (Phi) is 6.48. The third-order valence-electron chi connectivity index (χ3n) is 2.00. The van der Waals surface area contributed by atoms with Crippen LogP contribution in [0.5, 0.6) is 0 Å².